The number of aromatic nitrogens is 1. The summed E-state index contributed by atoms with van der Waals surface area (Å²) in [5, 5.41) is 2.85. The lowest BCUT2D eigenvalue weighted by molar-refractivity contribution is 0.0947. The summed E-state index contributed by atoms with van der Waals surface area (Å²) in [7, 11) is 0. The van der Waals surface area contributed by atoms with E-state index in [0.717, 1.165) is 11.4 Å². The molecular weight excluding hydrogens is 273 g/mol. The highest BCUT2D eigenvalue weighted by Crippen LogP contribution is 2.06. The molecule has 0 saturated carbocycles. The average Bonchev–Trinajstić information content (AvgIpc) is 2.25. The molecule has 1 atom stereocenters. The fraction of sp³-hybridized carbons (Fsp3) is 0.500. The number of nitrogens with two attached hydrogens (primary N) is 1. The number of nitrogens with zero attached hydrogens (tertiary/aromatic N) is 1. The van der Waals surface area contributed by atoms with Crippen molar-refractivity contribution in [3.05, 3.63) is 29.1 Å². The maximum Gasteiger partial charge on any atom is 0.253 e. The first kappa shape index (κ1) is 19.5. The molecule has 1 unspecified atom stereocenters. The largest absolute Gasteiger partial charge is 0.352 e. The number of rotatable bonds is 4. The minimum atomic E-state index is -0.0784. The first-order valence-electron chi connectivity index (χ1n) is 5.47. The molecule has 0 aliphatic rings. The number of carbonyl (C=O) groups is 1. The number of nitrogens with one attached hydrogen (secondary N) is 1. The minimum Gasteiger partial charge on any atom is -0.352 e. The van der Waals surface area contributed by atoms with Crippen molar-refractivity contribution in [1.82, 2.24) is 10.3 Å². The van der Waals surface area contributed by atoms with Gasteiger partial charge in [-0.2, -0.15) is 0 Å². The number of hydrogen-bond donors (Lipinski definition) is 2. The molecule has 1 rings (SSSR count). The van der Waals surface area contributed by atoms with Gasteiger partial charge in [-0.1, -0.05) is 6.92 Å². The van der Waals surface area contributed by atoms with Crippen molar-refractivity contribution < 1.29 is 4.79 Å². The Hall–Kier alpha value is -0.840. The van der Waals surface area contributed by atoms with Crippen LogP contribution in [0, 0.1) is 19.8 Å². The lowest BCUT2D eigenvalue weighted by Gasteiger charge is -2.11. The summed E-state index contributed by atoms with van der Waals surface area (Å²) in [6.45, 7) is 6.92. The van der Waals surface area contributed by atoms with Gasteiger partial charge in [0.25, 0.3) is 5.91 Å². The van der Waals surface area contributed by atoms with Crippen molar-refractivity contribution in [1.29, 1.82) is 0 Å². The second kappa shape index (κ2) is 9.14. The third-order valence-corrected chi connectivity index (χ3v) is 2.48. The van der Waals surface area contributed by atoms with Crippen molar-refractivity contribution in [2.45, 2.75) is 20.8 Å². The molecule has 1 amide bonds. The molecule has 6 heteroatoms. The Labute approximate surface area is 121 Å². The van der Waals surface area contributed by atoms with Crippen molar-refractivity contribution in [3.8, 4) is 0 Å². The number of carbonyl (C=O) groups excluding carboxylic acids is 1. The molecule has 1 aromatic rings. The van der Waals surface area contributed by atoms with E-state index in [1.807, 2.05) is 26.8 Å². The van der Waals surface area contributed by atoms with E-state index in [9.17, 15) is 4.79 Å². The Kier molecular flexibility index (Phi) is 9.90. The number of amides is 1. The van der Waals surface area contributed by atoms with Gasteiger partial charge in [0.15, 0.2) is 0 Å². The molecular formula is C12H21Cl2N3O. The van der Waals surface area contributed by atoms with Gasteiger partial charge < -0.3 is 11.1 Å². The Morgan fingerprint density at radius 3 is 2.50 bits per heavy atom. The highest BCUT2D eigenvalue weighted by atomic mass is 35.5. The fourth-order valence-corrected chi connectivity index (χ4v) is 1.37. The highest BCUT2D eigenvalue weighted by molar-refractivity contribution is 5.95. The van der Waals surface area contributed by atoms with Gasteiger partial charge in [0.1, 0.15) is 0 Å². The van der Waals surface area contributed by atoms with Crippen LogP contribution in [-0.4, -0.2) is 24.0 Å². The molecule has 0 fully saturated rings. The molecule has 0 spiro atoms. The van der Waals surface area contributed by atoms with Crippen LogP contribution < -0.4 is 11.1 Å². The summed E-state index contributed by atoms with van der Waals surface area (Å²) in [6.07, 6.45) is 0. The van der Waals surface area contributed by atoms with Crippen molar-refractivity contribution in [2.24, 2.45) is 11.7 Å². The van der Waals surface area contributed by atoms with E-state index >= 15 is 0 Å². The van der Waals surface area contributed by atoms with Crippen LogP contribution in [0.4, 0.5) is 0 Å². The predicted molar refractivity (Wildman–Crippen MR) is 78.8 cm³/mol. The van der Waals surface area contributed by atoms with E-state index in [0.29, 0.717) is 24.6 Å². The Morgan fingerprint density at radius 2 is 2.00 bits per heavy atom. The summed E-state index contributed by atoms with van der Waals surface area (Å²) in [6, 6.07) is 3.65. The summed E-state index contributed by atoms with van der Waals surface area (Å²) in [4.78, 5) is 16.1. The summed E-state index contributed by atoms with van der Waals surface area (Å²) < 4.78 is 0. The van der Waals surface area contributed by atoms with Gasteiger partial charge in [-0.3, -0.25) is 9.78 Å². The van der Waals surface area contributed by atoms with Crippen LogP contribution in [0.3, 0.4) is 0 Å². The lowest BCUT2D eigenvalue weighted by atomic mass is 10.1. The highest BCUT2D eigenvalue weighted by Gasteiger charge is 2.10. The monoisotopic (exact) mass is 293 g/mol. The molecule has 3 N–H and O–H groups in total. The zero-order valence-corrected chi connectivity index (χ0v) is 12.5. The molecule has 0 radical (unpaired) electrons. The Balaban J connectivity index is 0. The van der Waals surface area contributed by atoms with Crippen LogP contribution in [0.1, 0.15) is 28.7 Å². The van der Waals surface area contributed by atoms with Crippen molar-refractivity contribution in [2.75, 3.05) is 13.1 Å². The van der Waals surface area contributed by atoms with Crippen LogP contribution in [0.5, 0.6) is 0 Å². The third kappa shape index (κ3) is 5.67. The van der Waals surface area contributed by atoms with Crippen molar-refractivity contribution in [3.63, 3.8) is 0 Å². The molecule has 18 heavy (non-hydrogen) atoms. The quantitative estimate of drug-likeness (QED) is 0.890. The molecule has 104 valence electrons. The maximum absolute atomic E-state index is 11.8. The van der Waals surface area contributed by atoms with Gasteiger partial charge >= 0.3 is 0 Å². The number of aryl methyl sites for hydroxylation is 2. The van der Waals surface area contributed by atoms with Gasteiger partial charge in [0.05, 0.1) is 11.3 Å². The van der Waals surface area contributed by atoms with Crippen LogP contribution >= 0.6 is 24.8 Å². The minimum absolute atomic E-state index is 0. The zero-order valence-electron chi connectivity index (χ0n) is 10.9. The molecule has 0 saturated heterocycles. The van der Waals surface area contributed by atoms with E-state index in [1.165, 1.54) is 0 Å². The van der Waals surface area contributed by atoms with E-state index in [4.69, 9.17) is 5.73 Å². The van der Waals surface area contributed by atoms with Gasteiger partial charge in [0.2, 0.25) is 0 Å². The SMILES string of the molecule is Cc1ccc(C(=O)NCC(C)CN)c(C)n1.Cl.Cl. The van der Waals surface area contributed by atoms with E-state index in [-0.39, 0.29) is 30.7 Å². The second-order valence-electron chi connectivity index (χ2n) is 4.14. The average molecular weight is 294 g/mol. The van der Waals surface area contributed by atoms with Crippen LogP contribution in [-0.2, 0) is 0 Å². The topological polar surface area (TPSA) is 68.0 Å². The van der Waals surface area contributed by atoms with Crippen LogP contribution in [0.25, 0.3) is 0 Å². The summed E-state index contributed by atoms with van der Waals surface area (Å²) in [5.41, 5.74) is 7.80. The Morgan fingerprint density at radius 1 is 1.39 bits per heavy atom. The lowest BCUT2D eigenvalue weighted by Crippen LogP contribution is -2.31. The smallest absolute Gasteiger partial charge is 0.253 e. The van der Waals surface area contributed by atoms with E-state index in [2.05, 4.69) is 10.3 Å². The molecule has 0 aromatic carbocycles. The number of hydrogen-bond acceptors (Lipinski definition) is 3. The molecule has 0 bridgehead atoms. The molecule has 4 nitrogen and oxygen atoms in total. The third-order valence-electron chi connectivity index (χ3n) is 2.48. The first-order valence-corrected chi connectivity index (χ1v) is 5.47. The van der Waals surface area contributed by atoms with E-state index in [1.54, 1.807) is 6.07 Å². The predicted octanol–water partition coefficient (Wildman–Crippen LogP) is 1.87. The van der Waals surface area contributed by atoms with Gasteiger partial charge in [0, 0.05) is 12.2 Å². The first-order chi connectivity index (χ1) is 7.54. The van der Waals surface area contributed by atoms with Gasteiger partial charge in [-0.05, 0) is 38.4 Å². The van der Waals surface area contributed by atoms with Crippen LogP contribution in [0.2, 0.25) is 0 Å². The molecule has 0 aliphatic heterocycles. The summed E-state index contributed by atoms with van der Waals surface area (Å²) >= 11 is 0. The fourth-order valence-electron chi connectivity index (χ4n) is 1.37. The normalized spacial score (nSPS) is 10.9. The standard InChI is InChI=1S/C12H19N3O.2ClH/c1-8(6-13)7-14-12(16)11-5-4-9(2)15-10(11)3;;/h4-5,8H,6-7,13H2,1-3H3,(H,14,16);2*1H. The second-order valence-corrected chi connectivity index (χ2v) is 4.14. The molecule has 1 aromatic heterocycles. The zero-order chi connectivity index (χ0) is 12.1. The molecule has 0 aliphatic carbocycles. The van der Waals surface area contributed by atoms with Crippen LogP contribution in [0.15, 0.2) is 12.1 Å². The number of halogens is 2. The summed E-state index contributed by atoms with van der Waals surface area (Å²) in [5.74, 6) is 0.216. The molecule has 1 heterocycles. The van der Waals surface area contributed by atoms with Gasteiger partial charge in [-0.25, -0.2) is 0 Å². The number of pyridine rings is 1. The van der Waals surface area contributed by atoms with Gasteiger partial charge in [-0.15, -0.1) is 24.8 Å². The van der Waals surface area contributed by atoms with E-state index < -0.39 is 0 Å². The Bertz CT molecular complexity index is 386. The maximum atomic E-state index is 11.8. The van der Waals surface area contributed by atoms with Crippen molar-refractivity contribution >= 4 is 30.7 Å².